The number of benzene rings is 3. The predicted molar refractivity (Wildman–Crippen MR) is 136 cm³/mol. The molecule has 0 radical (unpaired) electrons. The first kappa shape index (κ1) is 19.8. The number of methoxy groups -OCH3 is 1. The molecule has 6 rings (SSSR count). The molecule has 0 aliphatic heterocycles. The van der Waals surface area contributed by atoms with E-state index in [2.05, 4.69) is 65.4 Å². The van der Waals surface area contributed by atoms with E-state index in [1.54, 1.807) is 18.4 Å². The molecule has 5 heteroatoms. The lowest BCUT2D eigenvalue weighted by atomic mass is 10.1. The Hall–Kier alpha value is -3.83. The van der Waals surface area contributed by atoms with E-state index in [-0.39, 0.29) is 0 Å². The highest BCUT2D eigenvalue weighted by atomic mass is 32.1. The van der Waals surface area contributed by atoms with Crippen molar-refractivity contribution in [2.24, 2.45) is 4.99 Å². The number of hydrogen-bond acceptors (Lipinski definition) is 4. The molecule has 33 heavy (non-hydrogen) atoms. The van der Waals surface area contributed by atoms with Gasteiger partial charge in [0.2, 0.25) is 0 Å². The molecule has 3 aromatic carbocycles. The zero-order valence-corrected chi connectivity index (χ0v) is 19.2. The minimum Gasteiger partial charge on any atom is -0.497 e. The fraction of sp³-hybridized carbons (Fsp3) is 0.107. The number of rotatable bonds is 4. The lowest BCUT2D eigenvalue weighted by Gasteiger charge is -2.06. The van der Waals surface area contributed by atoms with E-state index in [1.165, 1.54) is 21.8 Å². The van der Waals surface area contributed by atoms with Gasteiger partial charge in [-0.3, -0.25) is 0 Å². The molecule has 0 saturated carbocycles. The van der Waals surface area contributed by atoms with Crippen LogP contribution in [0.25, 0.3) is 43.4 Å². The fourth-order valence-corrected chi connectivity index (χ4v) is 5.18. The van der Waals surface area contributed by atoms with E-state index in [0.717, 1.165) is 44.9 Å². The first-order valence-electron chi connectivity index (χ1n) is 11.0. The summed E-state index contributed by atoms with van der Waals surface area (Å²) >= 11 is 1.65. The Kier molecular flexibility index (Phi) is 4.77. The van der Waals surface area contributed by atoms with E-state index >= 15 is 0 Å². The van der Waals surface area contributed by atoms with E-state index in [9.17, 15) is 0 Å². The van der Waals surface area contributed by atoms with E-state index in [0.29, 0.717) is 0 Å². The summed E-state index contributed by atoms with van der Waals surface area (Å²) in [5, 5.41) is 6.30. The molecule has 162 valence electrons. The topological polar surface area (TPSA) is 39.7 Å². The molecule has 6 aromatic rings. The summed E-state index contributed by atoms with van der Waals surface area (Å²) in [7, 11) is 1.67. The Morgan fingerprint density at radius 2 is 1.76 bits per heavy atom. The van der Waals surface area contributed by atoms with Crippen molar-refractivity contribution in [1.82, 2.24) is 4.57 Å². The SMILES string of the molecule is CCn1c2ccccc2c2cc(N=c3cc(-c4cccs4)oc4ccc(OC)cc34)ccc21. The van der Waals surface area contributed by atoms with Crippen LogP contribution in [0.5, 0.6) is 5.75 Å². The molecule has 0 N–H and O–H groups in total. The van der Waals surface area contributed by atoms with Crippen LogP contribution >= 0.6 is 11.3 Å². The molecule has 0 aliphatic carbocycles. The Bertz CT molecular complexity index is 1690. The second kappa shape index (κ2) is 7.94. The van der Waals surface area contributed by atoms with Gasteiger partial charge in [-0.15, -0.1) is 11.3 Å². The number of fused-ring (bicyclic) bond motifs is 4. The lowest BCUT2D eigenvalue weighted by molar-refractivity contribution is 0.415. The average molecular weight is 451 g/mol. The van der Waals surface area contributed by atoms with Crippen molar-refractivity contribution in [1.29, 1.82) is 0 Å². The Morgan fingerprint density at radius 1 is 0.879 bits per heavy atom. The molecule has 0 amide bonds. The maximum atomic E-state index is 6.22. The number of ether oxygens (including phenoxy) is 1. The van der Waals surface area contributed by atoms with Gasteiger partial charge in [-0.05, 0) is 60.8 Å². The zero-order chi connectivity index (χ0) is 22.4. The summed E-state index contributed by atoms with van der Waals surface area (Å²) < 4.78 is 14.0. The van der Waals surface area contributed by atoms with Crippen molar-refractivity contribution >= 4 is 49.8 Å². The van der Waals surface area contributed by atoms with Gasteiger partial charge in [-0.2, -0.15) is 0 Å². The smallest absolute Gasteiger partial charge is 0.146 e. The summed E-state index contributed by atoms with van der Waals surface area (Å²) in [6, 6.07) is 27.0. The number of thiophene rings is 1. The largest absolute Gasteiger partial charge is 0.497 e. The summed E-state index contributed by atoms with van der Waals surface area (Å²) in [4.78, 5) is 6.16. The van der Waals surface area contributed by atoms with Gasteiger partial charge in [-0.25, -0.2) is 4.99 Å². The van der Waals surface area contributed by atoms with Crippen LogP contribution in [-0.4, -0.2) is 11.7 Å². The monoisotopic (exact) mass is 450 g/mol. The second-order valence-corrected chi connectivity index (χ2v) is 8.86. The van der Waals surface area contributed by atoms with Gasteiger partial charge >= 0.3 is 0 Å². The zero-order valence-electron chi connectivity index (χ0n) is 18.4. The van der Waals surface area contributed by atoms with Crippen LogP contribution in [0.2, 0.25) is 0 Å². The van der Waals surface area contributed by atoms with Gasteiger partial charge in [-0.1, -0.05) is 24.3 Å². The van der Waals surface area contributed by atoms with Crippen molar-refractivity contribution in [2.45, 2.75) is 13.5 Å². The van der Waals surface area contributed by atoms with Gasteiger partial charge in [0.1, 0.15) is 17.1 Å². The fourth-order valence-electron chi connectivity index (χ4n) is 4.50. The molecule has 0 bridgehead atoms. The first-order chi connectivity index (χ1) is 16.2. The van der Waals surface area contributed by atoms with Crippen LogP contribution in [0.4, 0.5) is 5.69 Å². The Balaban J connectivity index is 1.63. The minimum atomic E-state index is 0.777. The van der Waals surface area contributed by atoms with Crippen molar-refractivity contribution in [3.05, 3.63) is 89.6 Å². The van der Waals surface area contributed by atoms with Crippen LogP contribution in [-0.2, 0) is 6.54 Å². The third-order valence-corrected chi connectivity index (χ3v) is 6.92. The van der Waals surface area contributed by atoms with Crippen molar-refractivity contribution in [2.75, 3.05) is 7.11 Å². The molecule has 0 atom stereocenters. The Morgan fingerprint density at radius 3 is 2.58 bits per heavy atom. The predicted octanol–water partition coefficient (Wildman–Crippen LogP) is 7.53. The summed E-state index contributed by atoms with van der Waals surface area (Å²) in [6.07, 6.45) is 0. The number of hydrogen-bond donors (Lipinski definition) is 0. The van der Waals surface area contributed by atoms with Crippen molar-refractivity contribution in [3.63, 3.8) is 0 Å². The molecular formula is C28H22N2O2S. The molecule has 0 unspecified atom stereocenters. The van der Waals surface area contributed by atoms with E-state index in [1.807, 2.05) is 30.3 Å². The highest BCUT2D eigenvalue weighted by Gasteiger charge is 2.11. The third-order valence-electron chi connectivity index (χ3n) is 6.04. The number of aryl methyl sites for hydroxylation is 1. The van der Waals surface area contributed by atoms with Gasteiger partial charge < -0.3 is 13.7 Å². The van der Waals surface area contributed by atoms with Crippen LogP contribution < -0.4 is 10.1 Å². The molecule has 0 fully saturated rings. The van der Waals surface area contributed by atoms with E-state index < -0.39 is 0 Å². The summed E-state index contributed by atoms with van der Waals surface area (Å²) in [5.41, 5.74) is 4.17. The van der Waals surface area contributed by atoms with E-state index in [4.69, 9.17) is 14.1 Å². The highest BCUT2D eigenvalue weighted by molar-refractivity contribution is 7.13. The van der Waals surface area contributed by atoms with Gasteiger partial charge in [0.15, 0.2) is 0 Å². The number of para-hydroxylation sites is 1. The first-order valence-corrected chi connectivity index (χ1v) is 11.8. The van der Waals surface area contributed by atoms with Gasteiger partial charge in [0.05, 0.1) is 23.0 Å². The molecule has 0 spiro atoms. The standard InChI is InChI=1S/C28H22N2O2S/c1-3-30-24-8-5-4-7-20(24)21-15-18(10-12-25(21)30)29-23-17-27(28-9-6-14-33-28)32-26-13-11-19(31-2)16-22(23)26/h4-17H,3H2,1-2H3. The second-order valence-electron chi connectivity index (χ2n) is 7.91. The van der Waals surface area contributed by atoms with Crippen LogP contribution in [0.1, 0.15) is 6.92 Å². The van der Waals surface area contributed by atoms with Crippen LogP contribution in [0.15, 0.2) is 93.7 Å². The molecule has 0 aliphatic rings. The average Bonchev–Trinajstić information content (AvgIpc) is 3.50. The van der Waals surface area contributed by atoms with Crippen molar-refractivity contribution < 1.29 is 9.15 Å². The molecule has 4 nitrogen and oxygen atoms in total. The number of nitrogens with zero attached hydrogens (tertiary/aromatic N) is 2. The molecule has 3 aromatic heterocycles. The maximum Gasteiger partial charge on any atom is 0.146 e. The summed E-state index contributed by atoms with van der Waals surface area (Å²) in [6.45, 7) is 3.11. The third kappa shape index (κ3) is 3.33. The maximum absolute atomic E-state index is 6.22. The van der Waals surface area contributed by atoms with Crippen LogP contribution in [0, 0.1) is 0 Å². The Labute approximate surface area is 195 Å². The normalized spacial score (nSPS) is 12.2. The molecule has 0 saturated heterocycles. The van der Waals surface area contributed by atoms with Gasteiger partial charge in [0.25, 0.3) is 0 Å². The molecular weight excluding hydrogens is 428 g/mol. The highest BCUT2D eigenvalue weighted by Crippen LogP contribution is 2.32. The number of aromatic nitrogens is 1. The molecule has 3 heterocycles. The minimum absolute atomic E-state index is 0.777. The van der Waals surface area contributed by atoms with Gasteiger partial charge in [0, 0.05) is 39.8 Å². The quantitative estimate of drug-likeness (QED) is 0.278. The van der Waals surface area contributed by atoms with Crippen molar-refractivity contribution in [3.8, 4) is 16.4 Å². The lowest BCUT2D eigenvalue weighted by Crippen LogP contribution is -2.03. The van der Waals surface area contributed by atoms with Crippen LogP contribution in [0.3, 0.4) is 0 Å². The summed E-state index contributed by atoms with van der Waals surface area (Å²) in [5.74, 6) is 1.59.